The molecule has 14 N–H and O–H groups in total. The van der Waals surface area contributed by atoms with Gasteiger partial charge in [-0.05, 0) is 0 Å². The van der Waals surface area contributed by atoms with E-state index in [9.17, 15) is 0 Å². The molecule has 0 atom stereocenters. The molecule has 0 fully saturated rings. The first-order valence-electron chi connectivity index (χ1n) is 0. The van der Waals surface area contributed by atoms with E-state index in [1.807, 2.05) is 0 Å². The molecule has 0 aliphatic carbocycles. The summed E-state index contributed by atoms with van der Waals surface area (Å²) >= 11 is 0. The van der Waals surface area contributed by atoms with Crippen molar-refractivity contribution < 1.29 is 38.3 Å². The SMILES string of the molecule is Cl.O.O.O.O.O.O.O.[LiH].[MgH2]. The first-order chi connectivity index (χ1) is 0. The molecule has 0 saturated carbocycles. The minimum absolute atomic E-state index is 0. The Labute approximate surface area is 92.5 Å². The van der Waals surface area contributed by atoms with Crippen LogP contribution in [0.2, 0.25) is 0 Å². The summed E-state index contributed by atoms with van der Waals surface area (Å²) in [5.41, 5.74) is 0. The molecule has 0 spiro atoms. The Balaban J connectivity index is 0. The predicted molar refractivity (Wildman–Crippen MR) is 48.2 cm³/mol. The third-order valence-electron chi connectivity index (χ3n) is 0. The van der Waals surface area contributed by atoms with Crippen molar-refractivity contribution in [3.63, 3.8) is 0 Å². The van der Waals surface area contributed by atoms with Crippen molar-refractivity contribution in [2.75, 3.05) is 0 Å². The van der Waals surface area contributed by atoms with Gasteiger partial charge in [0.15, 0.2) is 0 Å². The molecule has 0 rings (SSSR count). The van der Waals surface area contributed by atoms with Crippen molar-refractivity contribution in [2.45, 2.75) is 0 Å². The maximum absolute atomic E-state index is 0. The van der Waals surface area contributed by atoms with Gasteiger partial charge in [0.25, 0.3) is 0 Å². The summed E-state index contributed by atoms with van der Waals surface area (Å²) < 4.78 is 0. The van der Waals surface area contributed by atoms with Crippen molar-refractivity contribution in [1.29, 1.82) is 0 Å². The molecule has 0 aromatic rings. The molecule has 0 saturated heterocycles. The largest absolute Gasteiger partial charge is 0.316 e. The monoisotopic (exact) mass is 196 g/mol. The van der Waals surface area contributed by atoms with Gasteiger partial charge in [0, 0.05) is 0 Å². The van der Waals surface area contributed by atoms with Gasteiger partial charge < -0.3 is 38.3 Å². The molecule has 0 aliphatic heterocycles. The Hall–Kier alpha value is 1.37. The summed E-state index contributed by atoms with van der Waals surface area (Å²) in [5.74, 6) is 0. The minimum Gasteiger partial charge on any atom is 0.316 e. The van der Waals surface area contributed by atoms with E-state index in [1.165, 1.54) is 0 Å². The number of halogens is 1. The van der Waals surface area contributed by atoms with Gasteiger partial charge >= 0.3 is 41.9 Å². The van der Waals surface area contributed by atoms with Gasteiger partial charge in [-0.25, -0.2) is 0 Å². The molecule has 0 heterocycles. The summed E-state index contributed by atoms with van der Waals surface area (Å²) in [4.78, 5) is 0. The Morgan fingerprint density at radius 3 is 0.400 bits per heavy atom. The molecule has 0 aromatic heterocycles. The topological polar surface area (TPSA) is 220 Å². The van der Waals surface area contributed by atoms with Crippen molar-refractivity contribution in [3.8, 4) is 0 Å². The second-order valence-electron chi connectivity index (χ2n) is 0. The van der Waals surface area contributed by atoms with E-state index in [4.69, 9.17) is 0 Å². The molecule has 0 radical (unpaired) electrons. The third kappa shape index (κ3) is 348. The van der Waals surface area contributed by atoms with E-state index in [2.05, 4.69) is 0 Å². The molecule has 0 aliphatic rings. The summed E-state index contributed by atoms with van der Waals surface area (Å²) in [6, 6.07) is 0. The van der Waals surface area contributed by atoms with Crippen molar-refractivity contribution >= 4 is 54.3 Å². The fraction of sp³-hybridized carbons (Fsp3) is 0. The standard InChI is InChI=1S/ClH.Li.Mg.7H2O.3H/h1H;;;7*1H2;;;. The van der Waals surface area contributed by atoms with E-state index in [0.29, 0.717) is 0 Å². The zero-order valence-electron chi connectivity index (χ0n) is 3.91. The van der Waals surface area contributed by atoms with Crippen LogP contribution < -0.4 is 0 Å². The van der Waals surface area contributed by atoms with Crippen LogP contribution in [-0.4, -0.2) is 80.2 Å². The molecule has 0 amide bonds. The average molecular weight is 197 g/mol. The van der Waals surface area contributed by atoms with E-state index in [0.717, 1.165) is 0 Å². The molecule has 0 aromatic carbocycles. The molecule has 10 heteroatoms. The molecule has 10 heavy (non-hydrogen) atoms. The summed E-state index contributed by atoms with van der Waals surface area (Å²) in [6.45, 7) is 0. The second kappa shape index (κ2) is 483. The van der Waals surface area contributed by atoms with Crippen LogP contribution in [-0.2, 0) is 0 Å². The molecular weight excluding hydrogens is 179 g/mol. The smallest absolute Gasteiger partial charge is 0.316 e. The molecule has 0 unspecified atom stereocenters. The fourth-order valence-corrected chi connectivity index (χ4v) is 0. The van der Waals surface area contributed by atoms with Crippen LogP contribution in [0.1, 0.15) is 0 Å². The molecule has 7 nitrogen and oxygen atoms in total. The van der Waals surface area contributed by atoms with E-state index >= 15 is 0 Å². The quantitative estimate of drug-likeness (QED) is 0.330. The van der Waals surface area contributed by atoms with Crippen molar-refractivity contribution in [2.24, 2.45) is 0 Å². The van der Waals surface area contributed by atoms with Crippen LogP contribution in [0.4, 0.5) is 0 Å². The number of rotatable bonds is 0. The summed E-state index contributed by atoms with van der Waals surface area (Å²) in [6.07, 6.45) is 0. The first kappa shape index (κ1) is 649. The predicted octanol–water partition coefficient (Wildman–Crippen LogP) is -6.92. The maximum atomic E-state index is 0. The van der Waals surface area contributed by atoms with Crippen LogP contribution in [0.15, 0.2) is 0 Å². The van der Waals surface area contributed by atoms with Gasteiger partial charge in [-0.2, -0.15) is 0 Å². The van der Waals surface area contributed by atoms with Gasteiger partial charge in [0.05, 0.1) is 0 Å². The molecule has 70 valence electrons. The average Bonchev–Trinajstić information content (AvgIpc) is 0. The Morgan fingerprint density at radius 1 is 0.400 bits per heavy atom. The van der Waals surface area contributed by atoms with Gasteiger partial charge in [-0.1, -0.05) is 0 Å². The van der Waals surface area contributed by atoms with Gasteiger partial charge in [-0.3, -0.25) is 0 Å². The second-order valence-corrected chi connectivity index (χ2v) is 0. The minimum atomic E-state index is 0. The van der Waals surface area contributed by atoms with E-state index in [-0.39, 0.29) is 92.7 Å². The van der Waals surface area contributed by atoms with Crippen LogP contribution in [0.25, 0.3) is 0 Å². The summed E-state index contributed by atoms with van der Waals surface area (Å²) in [7, 11) is 0. The Bertz CT molecular complexity index is 13.6. The Kier molecular flexibility index (Phi) is 31300. The fourth-order valence-electron chi connectivity index (χ4n) is 0. The third-order valence-corrected chi connectivity index (χ3v) is 0. The van der Waals surface area contributed by atoms with Crippen LogP contribution in [0.3, 0.4) is 0 Å². The number of hydrogen-bond acceptors (Lipinski definition) is 0. The van der Waals surface area contributed by atoms with Crippen molar-refractivity contribution in [3.05, 3.63) is 0 Å². The van der Waals surface area contributed by atoms with Gasteiger partial charge in [0.1, 0.15) is 0 Å². The maximum Gasteiger partial charge on any atom is 0.316 e. The van der Waals surface area contributed by atoms with Crippen LogP contribution >= 0.6 is 12.4 Å². The zero-order chi connectivity index (χ0) is 0. The van der Waals surface area contributed by atoms with Crippen LogP contribution in [0.5, 0.6) is 0 Å². The zero-order valence-corrected chi connectivity index (χ0v) is 4.72. The Morgan fingerprint density at radius 2 is 0.400 bits per heavy atom. The normalized spacial score (nSPS) is 0. The van der Waals surface area contributed by atoms with Gasteiger partial charge in [0.2, 0.25) is 0 Å². The first-order valence-corrected chi connectivity index (χ1v) is 0. The van der Waals surface area contributed by atoms with Crippen LogP contribution in [0, 0.1) is 0 Å². The number of hydrogen-bond donors (Lipinski definition) is 0. The molecule has 0 bridgehead atoms. The van der Waals surface area contributed by atoms with Gasteiger partial charge in [-0.15, -0.1) is 12.4 Å². The van der Waals surface area contributed by atoms with E-state index in [1.54, 1.807) is 0 Å². The van der Waals surface area contributed by atoms with Crippen molar-refractivity contribution in [1.82, 2.24) is 0 Å². The molecular formula is H18ClLiMgO7. The summed E-state index contributed by atoms with van der Waals surface area (Å²) in [5, 5.41) is 0. The van der Waals surface area contributed by atoms with E-state index < -0.39 is 0 Å².